The highest BCUT2D eigenvalue weighted by Gasteiger charge is 2.45. The molecular formula is C26H23FN2O5S. The van der Waals surface area contributed by atoms with Gasteiger partial charge in [0.25, 0.3) is 5.91 Å². The maximum absolute atomic E-state index is 14.0. The van der Waals surface area contributed by atoms with E-state index in [4.69, 9.17) is 13.9 Å². The largest absolute Gasteiger partial charge is 0.493 e. The molecular weight excluding hydrogens is 471 g/mol. The summed E-state index contributed by atoms with van der Waals surface area (Å²) in [6.45, 7) is 4.77. The molecule has 0 N–H and O–H groups in total. The number of aromatic nitrogens is 1. The highest BCUT2D eigenvalue weighted by Crippen LogP contribution is 2.43. The molecule has 3 heterocycles. The van der Waals surface area contributed by atoms with Gasteiger partial charge in [-0.05, 0) is 48.2 Å². The number of hydrogen-bond donors (Lipinski definition) is 0. The van der Waals surface area contributed by atoms with Crippen LogP contribution in [0, 0.1) is 11.7 Å². The number of methoxy groups -OCH3 is 1. The predicted molar refractivity (Wildman–Crippen MR) is 131 cm³/mol. The van der Waals surface area contributed by atoms with Crippen LogP contribution in [0.3, 0.4) is 0 Å². The van der Waals surface area contributed by atoms with Crippen LogP contribution >= 0.6 is 11.3 Å². The number of thiazole rings is 1. The third-order valence-electron chi connectivity index (χ3n) is 5.91. The molecule has 1 amide bonds. The number of halogens is 1. The van der Waals surface area contributed by atoms with E-state index < -0.39 is 23.2 Å². The van der Waals surface area contributed by atoms with Crippen LogP contribution in [-0.2, 0) is 0 Å². The van der Waals surface area contributed by atoms with Crippen LogP contribution in [-0.4, -0.2) is 24.6 Å². The zero-order valence-corrected chi connectivity index (χ0v) is 20.2. The molecule has 4 aromatic rings. The molecule has 1 aliphatic heterocycles. The highest BCUT2D eigenvalue weighted by atomic mass is 32.1. The maximum atomic E-state index is 14.0. The van der Waals surface area contributed by atoms with Gasteiger partial charge in [0, 0.05) is 11.6 Å². The van der Waals surface area contributed by atoms with E-state index in [1.165, 1.54) is 35.5 Å². The van der Waals surface area contributed by atoms with Gasteiger partial charge in [0.2, 0.25) is 5.76 Å². The molecule has 1 atom stereocenters. The summed E-state index contributed by atoms with van der Waals surface area (Å²) in [6, 6.07) is 8.14. The molecule has 9 heteroatoms. The van der Waals surface area contributed by atoms with E-state index in [-0.39, 0.29) is 22.3 Å². The SMILES string of the molecule is COc1cc([C@H]2c3c(oc4ccc(F)cc4c3=O)C(=O)N2c2nccs2)ccc1OCCC(C)C. The van der Waals surface area contributed by atoms with Crippen molar-refractivity contribution in [1.82, 2.24) is 4.98 Å². The number of ether oxygens (including phenoxy) is 2. The van der Waals surface area contributed by atoms with Gasteiger partial charge in [0.1, 0.15) is 11.4 Å². The van der Waals surface area contributed by atoms with Gasteiger partial charge in [-0.1, -0.05) is 19.9 Å². The summed E-state index contributed by atoms with van der Waals surface area (Å²) in [5.74, 6) is 0.404. The molecule has 0 aliphatic carbocycles. The molecule has 0 saturated heterocycles. The molecule has 2 aromatic carbocycles. The van der Waals surface area contributed by atoms with Crippen LogP contribution in [0.1, 0.15) is 48.0 Å². The van der Waals surface area contributed by atoms with Gasteiger partial charge in [0.15, 0.2) is 22.1 Å². The van der Waals surface area contributed by atoms with Crippen LogP contribution in [0.2, 0.25) is 0 Å². The Labute approximate surface area is 204 Å². The van der Waals surface area contributed by atoms with E-state index in [0.29, 0.717) is 34.7 Å². The summed E-state index contributed by atoms with van der Waals surface area (Å²) >= 11 is 1.27. The van der Waals surface area contributed by atoms with Gasteiger partial charge in [-0.3, -0.25) is 14.5 Å². The number of rotatable bonds is 7. The van der Waals surface area contributed by atoms with Gasteiger partial charge >= 0.3 is 0 Å². The minimum atomic E-state index is -0.828. The fraction of sp³-hybridized carbons (Fsp3) is 0.269. The second kappa shape index (κ2) is 9.14. The van der Waals surface area contributed by atoms with Crippen molar-refractivity contribution in [2.24, 2.45) is 5.92 Å². The number of carbonyl (C=O) groups excluding carboxylic acids is 1. The monoisotopic (exact) mass is 494 g/mol. The fourth-order valence-corrected chi connectivity index (χ4v) is 4.84. The van der Waals surface area contributed by atoms with Crippen molar-refractivity contribution in [3.63, 3.8) is 0 Å². The molecule has 0 bridgehead atoms. The molecule has 7 nitrogen and oxygen atoms in total. The van der Waals surface area contributed by atoms with Crippen molar-refractivity contribution in [3.05, 3.63) is 80.9 Å². The fourth-order valence-electron chi connectivity index (χ4n) is 4.17. The number of anilines is 1. The molecule has 0 fully saturated rings. The Kier molecular flexibility index (Phi) is 6.02. The van der Waals surface area contributed by atoms with Gasteiger partial charge in [-0.2, -0.15) is 0 Å². The number of carbonyl (C=O) groups is 1. The summed E-state index contributed by atoms with van der Waals surface area (Å²) in [6.07, 6.45) is 2.47. The standard InChI is InChI=1S/C26H23FN2O5S/c1-14(2)8-10-33-19-6-4-15(12-20(19)32-3)22-21-23(30)17-13-16(27)5-7-18(17)34-24(21)25(31)29(22)26-28-9-11-35-26/h4-7,9,11-14,22H,8,10H2,1-3H3/t22-/m0/s1. The first-order valence-electron chi connectivity index (χ1n) is 11.2. The quantitative estimate of drug-likeness (QED) is 0.334. The minimum absolute atomic E-state index is 0.0724. The first kappa shape index (κ1) is 23.0. The lowest BCUT2D eigenvalue weighted by Crippen LogP contribution is -2.29. The van der Waals surface area contributed by atoms with E-state index in [9.17, 15) is 14.0 Å². The van der Waals surface area contributed by atoms with E-state index in [0.717, 1.165) is 12.5 Å². The number of nitrogens with zero attached hydrogens (tertiary/aromatic N) is 2. The maximum Gasteiger partial charge on any atom is 0.297 e. The van der Waals surface area contributed by atoms with Crippen molar-refractivity contribution in [3.8, 4) is 11.5 Å². The summed E-state index contributed by atoms with van der Waals surface area (Å²) in [5, 5.41) is 2.23. The Hall–Kier alpha value is -3.72. The zero-order chi connectivity index (χ0) is 24.7. The molecule has 0 radical (unpaired) electrons. The first-order valence-corrected chi connectivity index (χ1v) is 12.1. The van der Waals surface area contributed by atoms with Crippen molar-refractivity contribution >= 4 is 33.3 Å². The average Bonchev–Trinajstić information content (AvgIpc) is 3.46. The lowest BCUT2D eigenvalue weighted by molar-refractivity contribution is 0.0971. The molecule has 1 aliphatic rings. The van der Waals surface area contributed by atoms with E-state index in [1.807, 2.05) is 0 Å². The minimum Gasteiger partial charge on any atom is -0.493 e. The zero-order valence-electron chi connectivity index (χ0n) is 19.4. The second-order valence-electron chi connectivity index (χ2n) is 8.65. The Bertz CT molecular complexity index is 1460. The molecule has 2 aromatic heterocycles. The molecule has 0 saturated carbocycles. The van der Waals surface area contributed by atoms with Gasteiger partial charge in [0.05, 0.1) is 30.7 Å². The molecule has 180 valence electrons. The summed E-state index contributed by atoms with van der Waals surface area (Å²) in [7, 11) is 1.53. The van der Waals surface area contributed by atoms with Crippen LogP contribution < -0.4 is 19.8 Å². The topological polar surface area (TPSA) is 81.9 Å². The van der Waals surface area contributed by atoms with E-state index in [1.54, 1.807) is 29.8 Å². The van der Waals surface area contributed by atoms with Crippen LogP contribution in [0.15, 0.2) is 57.2 Å². The van der Waals surface area contributed by atoms with Crippen molar-refractivity contribution < 1.29 is 23.1 Å². The van der Waals surface area contributed by atoms with Crippen molar-refractivity contribution in [1.29, 1.82) is 0 Å². The lowest BCUT2D eigenvalue weighted by atomic mass is 9.98. The summed E-state index contributed by atoms with van der Waals surface area (Å²) in [5.41, 5.74) is 0.436. The Morgan fingerprint density at radius 2 is 2.00 bits per heavy atom. The number of fused-ring (bicyclic) bond motifs is 2. The Balaban J connectivity index is 1.67. The molecule has 5 rings (SSSR count). The van der Waals surface area contributed by atoms with Gasteiger partial charge in [-0.25, -0.2) is 9.37 Å². The third-order valence-corrected chi connectivity index (χ3v) is 6.68. The average molecular weight is 495 g/mol. The van der Waals surface area contributed by atoms with Crippen molar-refractivity contribution in [2.75, 3.05) is 18.6 Å². The normalized spacial score (nSPS) is 15.2. The molecule has 0 unspecified atom stereocenters. The van der Waals surface area contributed by atoms with E-state index >= 15 is 0 Å². The smallest absolute Gasteiger partial charge is 0.297 e. The number of amides is 1. The second-order valence-corrected chi connectivity index (χ2v) is 9.52. The summed E-state index contributed by atoms with van der Waals surface area (Å²) < 4.78 is 31.3. The Morgan fingerprint density at radius 3 is 2.71 bits per heavy atom. The molecule has 35 heavy (non-hydrogen) atoms. The van der Waals surface area contributed by atoms with Gasteiger partial charge < -0.3 is 13.9 Å². The lowest BCUT2D eigenvalue weighted by Gasteiger charge is -2.23. The molecule has 0 spiro atoms. The van der Waals surface area contributed by atoms with Crippen LogP contribution in [0.5, 0.6) is 11.5 Å². The third kappa shape index (κ3) is 4.05. The number of benzene rings is 2. The number of hydrogen-bond acceptors (Lipinski definition) is 7. The van der Waals surface area contributed by atoms with Crippen LogP contribution in [0.25, 0.3) is 11.0 Å². The highest BCUT2D eigenvalue weighted by molar-refractivity contribution is 7.13. The van der Waals surface area contributed by atoms with E-state index in [2.05, 4.69) is 18.8 Å². The Morgan fingerprint density at radius 1 is 1.17 bits per heavy atom. The predicted octanol–water partition coefficient (Wildman–Crippen LogP) is 5.57. The first-order chi connectivity index (χ1) is 16.9. The van der Waals surface area contributed by atoms with Crippen LogP contribution in [0.4, 0.5) is 9.52 Å². The van der Waals surface area contributed by atoms with Gasteiger partial charge in [-0.15, -0.1) is 11.3 Å². The summed E-state index contributed by atoms with van der Waals surface area (Å²) in [4.78, 5) is 32.8. The van der Waals surface area contributed by atoms with Crippen molar-refractivity contribution in [2.45, 2.75) is 26.3 Å².